The largest absolute Gasteiger partial charge is 0.365 e. The van der Waals surface area contributed by atoms with E-state index in [1.807, 2.05) is 0 Å². The molecule has 0 spiro atoms. The second-order valence-corrected chi connectivity index (χ2v) is 5.36. The van der Waals surface area contributed by atoms with Gasteiger partial charge in [-0.15, -0.1) is 0 Å². The molecule has 1 unspecified atom stereocenters. The Labute approximate surface area is 123 Å². The third-order valence-electron chi connectivity index (χ3n) is 3.20. The Morgan fingerprint density at radius 3 is 2.60 bits per heavy atom. The Balaban J connectivity index is 3.06. The lowest BCUT2D eigenvalue weighted by molar-refractivity contribution is 0.1000. The van der Waals surface area contributed by atoms with Crippen LogP contribution in [0.3, 0.4) is 0 Å². The standard InChI is InChI=1S/C13H22N4O2S/c1-4-6-7-8(5-2)10-9(11(14)18)12(20-17-10)16-13(19)15-3/h8H,4-7H2,1-3H3,(H2,14,18)(H2,15,16,19). The minimum absolute atomic E-state index is 0.203. The van der Waals surface area contributed by atoms with Crippen molar-refractivity contribution in [2.24, 2.45) is 5.73 Å². The summed E-state index contributed by atoms with van der Waals surface area (Å²) in [6.07, 6.45) is 4.03. The van der Waals surface area contributed by atoms with Gasteiger partial charge in [0.15, 0.2) is 0 Å². The van der Waals surface area contributed by atoms with Crippen molar-refractivity contribution >= 4 is 28.5 Å². The monoisotopic (exact) mass is 298 g/mol. The van der Waals surface area contributed by atoms with Gasteiger partial charge in [0.2, 0.25) is 0 Å². The number of carbonyl (C=O) groups is 2. The molecule has 1 aromatic heterocycles. The zero-order valence-electron chi connectivity index (χ0n) is 12.2. The number of urea groups is 1. The number of amides is 3. The number of nitrogens with zero attached hydrogens (tertiary/aromatic N) is 1. The van der Waals surface area contributed by atoms with Crippen LogP contribution >= 0.6 is 11.5 Å². The molecule has 0 bridgehead atoms. The maximum Gasteiger partial charge on any atom is 0.319 e. The first-order chi connectivity index (χ1) is 9.54. The topological polar surface area (TPSA) is 97.1 Å². The van der Waals surface area contributed by atoms with Crippen molar-refractivity contribution in [3.63, 3.8) is 0 Å². The lowest BCUT2D eigenvalue weighted by atomic mass is 9.93. The minimum Gasteiger partial charge on any atom is -0.365 e. The fourth-order valence-electron chi connectivity index (χ4n) is 2.05. The van der Waals surface area contributed by atoms with Gasteiger partial charge < -0.3 is 11.1 Å². The summed E-state index contributed by atoms with van der Waals surface area (Å²) >= 11 is 1.10. The number of nitrogens with two attached hydrogens (primary N) is 1. The van der Waals surface area contributed by atoms with E-state index in [4.69, 9.17) is 5.73 Å². The zero-order chi connectivity index (χ0) is 15.1. The molecule has 1 atom stereocenters. The first-order valence-corrected chi connectivity index (χ1v) is 7.60. The molecule has 0 fully saturated rings. The summed E-state index contributed by atoms with van der Waals surface area (Å²) in [6, 6.07) is -0.385. The second-order valence-electron chi connectivity index (χ2n) is 4.59. The summed E-state index contributed by atoms with van der Waals surface area (Å²) in [5.74, 6) is -0.343. The lowest BCUT2D eigenvalue weighted by Gasteiger charge is -2.13. The van der Waals surface area contributed by atoms with E-state index < -0.39 is 5.91 Å². The van der Waals surface area contributed by atoms with E-state index in [1.165, 1.54) is 7.05 Å². The molecule has 6 nitrogen and oxygen atoms in total. The van der Waals surface area contributed by atoms with E-state index in [2.05, 4.69) is 28.9 Å². The second kappa shape index (κ2) is 7.84. The number of carbonyl (C=O) groups excluding carboxylic acids is 2. The first-order valence-electron chi connectivity index (χ1n) is 6.83. The molecule has 20 heavy (non-hydrogen) atoms. The van der Waals surface area contributed by atoms with Crippen LogP contribution in [0.5, 0.6) is 0 Å². The lowest BCUT2D eigenvalue weighted by Crippen LogP contribution is -2.26. The van der Waals surface area contributed by atoms with Gasteiger partial charge in [-0.3, -0.25) is 10.1 Å². The van der Waals surface area contributed by atoms with Crippen molar-refractivity contribution in [3.8, 4) is 0 Å². The Morgan fingerprint density at radius 2 is 2.10 bits per heavy atom. The average molecular weight is 298 g/mol. The van der Waals surface area contributed by atoms with Gasteiger partial charge in [-0.1, -0.05) is 26.7 Å². The molecule has 0 aliphatic heterocycles. The minimum atomic E-state index is -0.546. The molecular formula is C13H22N4O2S. The van der Waals surface area contributed by atoms with Crippen LogP contribution in [-0.4, -0.2) is 23.4 Å². The van der Waals surface area contributed by atoms with E-state index in [0.29, 0.717) is 16.3 Å². The van der Waals surface area contributed by atoms with Crippen molar-refractivity contribution in [2.75, 3.05) is 12.4 Å². The Kier molecular flexibility index (Phi) is 6.44. The number of unbranched alkanes of at least 4 members (excludes halogenated alkanes) is 1. The highest BCUT2D eigenvalue weighted by molar-refractivity contribution is 7.11. The Bertz CT molecular complexity index is 473. The maximum atomic E-state index is 11.7. The third-order valence-corrected chi connectivity index (χ3v) is 3.98. The predicted octanol–water partition coefficient (Wildman–Crippen LogP) is 2.68. The van der Waals surface area contributed by atoms with Gasteiger partial charge in [-0.25, -0.2) is 4.79 Å². The number of primary amides is 1. The molecule has 4 N–H and O–H groups in total. The van der Waals surface area contributed by atoms with Crippen LogP contribution in [0.15, 0.2) is 0 Å². The fourth-order valence-corrected chi connectivity index (χ4v) is 2.92. The molecule has 0 aliphatic rings. The van der Waals surface area contributed by atoms with Crippen LogP contribution in [0.1, 0.15) is 61.5 Å². The molecule has 112 valence electrons. The zero-order valence-corrected chi connectivity index (χ0v) is 13.0. The quantitative estimate of drug-likeness (QED) is 0.722. The molecule has 0 aromatic carbocycles. The molecular weight excluding hydrogens is 276 g/mol. The van der Waals surface area contributed by atoms with E-state index in [-0.39, 0.29) is 11.9 Å². The number of aromatic nitrogens is 1. The molecule has 1 aromatic rings. The van der Waals surface area contributed by atoms with Gasteiger partial charge in [0.25, 0.3) is 5.91 Å². The number of rotatable bonds is 7. The molecule has 0 aliphatic carbocycles. The van der Waals surface area contributed by atoms with E-state index >= 15 is 0 Å². The number of nitrogens with one attached hydrogen (secondary N) is 2. The number of hydrogen-bond acceptors (Lipinski definition) is 4. The SMILES string of the molecule is CCCCC(CC)c1nsc(NC(=O)NC)c1C(N)=O. The number of anilines is 1. The van der Waals surface area contributed by atoms with Crippen molar-refractivity contribution < 1.29 is 9.59 Å². The van der Waals surface area contributed by atoms with Gasteiger partial charge >= 0.3 is 6.03 Å². The molecule has 0 saturated carbocycles. The highest BCUT2D eigenvalue weighted by atomic mass is 32.1. The van der Waals surface area contributed by atoms with Gasteiger partial charge in [0.1, 0.15) is 5.00 Å². The average Bonchev–Trinajstić information content (AvgIpc) is 2.83. The first kappa shape index (κ1) is 16.4. The molecule has 3 amide bonds. The maximum absolute atomic E-state index is 11.7. The van der Waals surface area contributed by atoms with Crippen LogP contribution in [0.2, 0.25) is 0 Å². The van der Waals surface area contributed by atoms with Gasteiger partial charge in [-0.05, 0) is 24.4 Å². The van der Waals surface area contributed by atoms with Crippen molar-refractivity contribution in [1.82, 2.24) is 9.69 Å². The van der Waals surface area contributed by atoms with Crippen LogP contribution in [0, 0.1) is 0 Å². The normalized spacial score (nSPS) is 11.9. The van der Waals surface area contributed by atoms with Crippen LogP contribution in [0.25, 0.3) is 0 Å². The predicted molar refractivity (Wildman–Crippen MR) is 81.3 cm³/mol. The van der Waals surface area contributed by atoms with Crippen molar-refractivity contribution in [1.29, 1.82) is 0 Å². The third kappa shape index (κ3) is 3.93. The molecule has 1 heterocycles. The molecule has 7 heteroatoms. The van der Waals surface area contributed by atoms with E-state index in [0.717, 1.165) is 37.2 Å². The van der Waals surface area contributed by atoms with Gasteiger partial charge in [0.05, 0.1) is 11.3 Å². The summed E-state index contributed by atoms with van der Waals surface area (Å²) in [4.78, 5) is 23.1. The highest BCUT2D eigenvalue weighted by Gasteiger charge is 2.24. The molecule has 1 rings (SSSR count). The fraction of sp³-hybridized carbons (Fsp3) is 0.615. The van der Waals surface area contributed by atoms with Gasteiger partial charge in [-0.2, -0.15) is 4.37 Å². The summed E-state index contributed by atoms with van der Waals surface area (Å²) in [6.45, 7) is 4.19. The Hall–Kier alpha value is -1.63. The molecule has 0 saturated heterocycles. The van der Waals surface area contributed by atoms with Crippen LogP contribution in [0.4, 0.5) is 9.80 Å². The summed E-state index contributed by atoms with van der Waals surface area (Å²) in [7, 11) is 1.51. The van der Waals surface area contributed by atoms with Crippen molar-refractivity contribution in [3.05, 3.63) is 11.3 Å². The van der Waals surface area contributed by atoms with Crippen molar-refractivity contribution in [2.45, 2.75) is 45.4 Å². The molecule has 0 radical (unpaired) electrons. The van der Waals surface area contributed by atoms with E-state index in [9.17, 15) is 9.59 Å². The summed E-state index contributed by atoms with van der Waals surface area (Å²) in [5.41, 5.74) is 6.52. The summed E-state index contributed by atoms with van der Waals surface area (Å²) < 4.78 is 4.35. The Morgan fingerprint density at radius 1 is 1.40 bits per heavy atom. The highest BCUT2D eigenvalue weighted by Crippen LogP contribution is 2.33. The van der Waals surface area contributed by atoms with Gasteiger partial charge in [0, 0.05) is 13.0 Å². The number of hydrogen-bond donors (Lipinski definition) is 3. The van der Waals surface area contributed by atoms with Crippen LogP contribution < -0.4 is 16.4 Å². The van der Waals surface area contributed by atoms with Crippen LogP contribution in [-0.2, 0) is 0 Å². The summed E-state index contributed by atoms with van der Waals surface area (Å²) in [5, 5.41) is 5.46. The van der Waals surface area contributed by atoms with E-state index in [1.54, 1.807) is 0 Å². The smallest absolute Gasteiger partial charge is 0.319 e.